The molecule has 0 saturated carbocycles. The third-order valence-corrected chi connectivity index (χ3v) is 2.36. The molecule has 0 fully saturated rings. The number of nitrogens with zero attached hydrogens (tertiary/aromatic N) is 1. The Morgan fingerprint density at radius 2 is 1.67 bits per heavy atom. The number of benzene rings is 1. The summed E-state index contributed by atoms with van der Waals surface area (Å²) in [5.74, 6) is 0.320. The number of phenols is 1. The highest BCUT2D eigenvalue weighted by molar-refractivity contribution is 5.26. The molecule has 76 valence electrons. The zero-order valence-corrected chi connectivity index (χ0v) is 8.43. The SMILES string of the molecule is Oc1ccc(CCc2cccnc2)cc1. The minimum absolute atomic E-state index is 0.320. The van der Waals surface area contributed by atoms with Crippen LogP contribution in [0.25, 0.3) is 0 Å². The van der Waals surface area contributed by atoms with Crippen molar-refractivity contribution in [1.29, 1.82) is 0 Å². The molecule has 0 unspecified atom stereocenters. The van der Waals surface area contributed by atoms with Crippen LogP contribution < -0.4 is 0 Å². The minimum Gasteiger partial charge on any atom is -0.508 e. The molecule has 1 heterocycles. The maximum absolute atomic E-state index is 9.13. The van der Waals surface area contributed by atoms with E-state index in [1.165, 1.54) is 11.1 Å². The molecule has 0 radical (unpaired) electrons. The van der Waals surface area contributed by atoms with Gasteiger partial charge in [-0.05, 0) is 42.2 Å². The largest absolute Gasteiger partial charge is 0.508 e. The van der Waals surface area contributed by atoms with Crippen LogP contribution >= 0.6 is 0 Å². The summed E-state index contributed by atoms with van der Waals surface area (Å²) in [6.45, 7) is 0. The van der Waals surface area contributed by atoms with E-state index in [1.807, 2.05) is 24.4 Å². The lowest BCUT2D eigenvalue weighted by Crippen LogP contribution is -1.91. The Bertz CT molecular complexity index is 408. The van der Waals surface area contributed by atoms with Gasteiger partial charge in [0.05, 0.1) is 0 Å². The molecule has 0 aliphatic rings. The van der Waals surface area contributed by atoms with Crippen LogP contribution in [-0.2, 0) is 12.8 Å². The predicted molar refractivity (Wildman–Crippen MR) is 59.8 cm³/mol. The van der Waals surface area contributed by atoms with Crippen molar-refractivity contribution in [3.8, 4) is 5.75 Å². The fraction of sp³-hybridized carbons (Fsp3) is 0.154. The van der Waals surface area contributed by atoms with Crippen LogP contribution in [0.5, 0.6) is 5.75 Å². The quantitative estimate of drug-likeness (QED) is 0.824. The van der Waals surface area contributed by atoms with Gasteiger partial charge in [0, 0.05) is 12.4 Å². The topological polar surface area (TPSA) is 33.1 Å². The first-order valence-corrected chi connectivity index (χ1v) is 5.01. The van der Waals surface area contributed by atoms with E-state index < -0.39 is 0 Å². The van der Waals surface area contributed by atoms with Crippen LogP contribution in [0, 0.1) is 0 Å². The van der Waals surface area contributed by atoms with Gasteiger partial charge in [-0.15, -0.1) is 0 Å². The molecule has 1 aromatic carbocycles. The highest BCUT2D eigenvalue weighted by Crippen LogP contribution is 2.11. The first kappa shape index (κ1) is 9.71. The zero-order chi connectivity index (χ0) is 10.5. The summed E-state index contributed by atoms with van der Waals surface area (Å²) >= 11 is 0. The Balaban J connectivity index is 1.96. The number of aromatic hydroxyl groups is 1. The van der Waals surface area contributed by atoms with Crippen molar-refractivity contribution in [3.05, 3.63) is 59.9 Å². The second kappa shape index (κ2) is 4.60. The summed E-state index contributed by atoms with van der Waals surface area (Å²) < 4.78 is 0. The van der Waals surface area contributed by atoms with E-state index in [-0.39, 0.29) is 0 Å². The monoisotopic (exact) mass is 199 g/mol. The third kappa shape index (κ3) is 2.81. The zero-order valence-electron chi connectivity index (χ0n) is 8.43. The lowest BCUT2D eigenvalue weighted by atomic mass is 10.1. The molecule has 2 rings (SSSR count). The number of phenolic OH excluding ortho intramolecular Hbond substituents is 1. The van der Waals surface area contributed by atoms with E-state index in [0.717, 1.165) is 12.8 Å². The Morgan fingerprint density at radius 1 is 0.933 bits per heavy atom. The molecule has 0 aliphatic heterocycles. The number of aromatic nitrogens is 1. The number of rotatable bonds is 3. The molecule has 0 atom stereocenters. The number of pyridine rings is 1. The second-order valence-electron chi connectivity index (χ2n) is 3.53. The van der Waals surface area contributed by atoms with E-state index in [2.05, 4.69) is 11.1 Å². The van der Waals surface area contributed by atoms with Gasteiger partial charge in [0.15, 0.2) is 0 Å². The van der Waals surface area contributed by atoms with Crippen molar-refractivity contribution in [2.24, 2.45) is 0 Å². The Hall–Kier alpha value is -1.83. The summed E-state index contributed by atoms with van der Waals surface area (Å²) in [7, 11) is 0. The highest BCUT2D eigenvalue weighted by atomic mass is 16.3. The van der Waals surface area contributed by atoms with Gasteiger partial charge in [0.25, 0.3) is 0 Å². The summed E-state index contributed by atoms with van der Waals surface area (Å²) in [5.41, 5.74) is 2.47. The van der Waals surface area contributed by atoms with E-state index in [9.17, 15) is 0 Å². The molecule has 0 bridgehead atoms. The van der Waals surface area contributed by atoms with Crippen LogP contribution in [0.15, 0.2) is 48.8 Å². The molecule has 0 saturated heterocycles. The molecule has 0 amide bonds. The summed E-state index contributed by atoms with van der Waals surface area (Å²) in [5, 5.41) is 9.13. The van der Waals surface area contributed by atoms with E-state index in [1.54, 1.807) is 18.3 Å². The van der Waals surface area contributed by atoms with Crippen LogP contribution in [0.3, 0.4) is 0 Å². The number of aryl methyl sites for hydroxylation is 2. The lowest BCUT2D eigenvalue weighted by Gasteiger charge is -2.01. The van der Waals surface area contributed by atoms with Crippen molar-refractivity contribution >= 4 is 0 Å². The first-order chi connectivity index (χ1) is 7.34. The molecule has 0 aliphatic carbocycles. The first-order valence-electron chi connectivity index (χ1n) is 5.01. The van der Waals surface area contributed by atoms with Gasteiger partial charge in [-0.1, -0.05) is 18.2 Å². The van der Waals surface area contributed by atoms with Crippen molar-refractivity contribution in [2.45, 2.75) is 12.8 Å². The van der Waals surface area contributed by atoms with Gasteiger partial charge in [-0.2, -0.15) is 0 Å². The Labute approximate surface area is 89.2 Å². The molecule has 0 spiro atoms. The summed E-state index contributed by atoms with van der Waals surface area (Å²) in [6, 6.07) is 11.4. The maximum Gasteiger partial charge on any atom is 0.115 e. The number of hydrogen-bond donors (Lipinski definition) is 1. The van der Waals surface area contributed by atoms with Gasteiger partial charge < -0.3 is 5.11 Å². The van der Waals surface area contributed by atoms with Crippen molar-refractivity contribution < 1.29 is 5.11 Å². The smallest absolute Gasteiger partial charge is 0.115 e. The Kier molecular flexibility index (Phi) is 2.98. The number of hydrogen-bond acceptors (Lipinski definition) is 2. The Morgan fingerprint density at radius 3 is 2.33 bits per heavy atom. The van der Waals surface area contributed by atoms with Crippen LogP contribution in [0.4, 0.5) is 0 Å². The fourth-order valence-corrected chi connectivity index (χ4v) is 1.50. The lowest BCUT2D eigenvalue weighted by molar-refractivity contribution is 0.475. The molecule has 1 aromatic heterocycles. The second-order valence-corrected chi connectivity index (χ2v) is 3.53. The average molecular weight is 199 g/mol. The fourth-order valence-electron chi connectivity index (χ4n) is 1.50. The van der Waals surface area contributed by atoms with Gasteiger partial charge in [0.1, 0.15) is 5.75 Å². The molecular formula is C13H13NO. The third-order valence-electron chi connectivity index (χ3n) is 2.36. The van der Waals surface area contributed by atoms with Crippen LogP contribution in [0.2, 0.25) is 0 Å². The average Bonchev–Trinajstić information content (AvgIpc) is 2.30. The van der Waals surface area contributed by atoms with E-state index >= 15 is 0 Å². The molecule has 2 aromatic rings. The van der Waals surface area contributed by atoms with Gasteiger partial charge in [-0.3, -0.25) is 4.98 Å². The van der Waals surface area contributed by atoms with Crippen LogP contribution in [-0.4, -0.2) is 10.1 Å². The van der Waals surface area contributed by atoms with Crippen molar-refractivity contribution in [2.75, 3.05) is 0 Å². The molecular weight excluding hydrogens is 186 g/mol. The van der Waals surface area contributed by atoms with Crippen molar-refractivity contribution in [3.63, 3.8) is 0 Å². The summed E-state index contributed by atoms with van der Waals surface area (Å²) in [4.78, 5) is 4.07. The normalized spacial score (nSPS) is 10.1. The molecule has 1 N–H and O–H groups in total. The molecule has 2 nitrogen and oxygen atoms in total. The molecule has 2 heteroatoms. The highest BCUT2D eigenvalue weighted by Gasteiger charge is 1.95. The van der Waals surface area contributed by atoms with Gasteiger partial charge in [0.2, 0.25) is 0 Å². The molecule has 15 heavy (non-hydrogen) atoms. The minimum atomic E-state index is 0.320. The van der Waals surface area contributed by atoms with E-state index in [0.29, 0.717) is 5.75 Å². The van der Waals surface area contributed by atoms with Crippen LogP contribution in [0.1, 0.15) is 11.1 Å². The maximum atomic E-state index is 9.13. The summed E-state index contributed by atoms with van der Waals surface area (Å²) in [6.07, 6.45) is 5.63. The standard InChI is InChI=1S/C13H13NO/c15-13-7-5-11(6-8-13)3-4-12-2-1-9-14-10-12/h1-2,5-10,15H,3-4H2. The van der Waals surface area contributed by atoms with E-state index in [4.69, 9.17) is 5.11 Å². The van der Waals surface area contributed by atoms with Crippen molar-refractivity contribution in [1.82, 2.24) is 4.98 Å². The van der Waals surface area contributed by atoms with Gasteiger partial charge >= 0.3 is 0 Å². The van der Waals surface area contributed by atoms with Gasteiger partial charge in [-0.25, -0.2) is 0 Å². The predicted octanol–water partition coefficient (Wildman–Crippen LogP) is 2.57.